The molecule has 1 aliphatic rings. The molecule has 1 N–H and O–H groups in total. The van der Waals surface area contributed by atoms with Gasteiger partial charge in [-0.25, -0.2) is 0 Å². The summed E-state index contributed by atoms with van der Waals surface area (Å²) >= 11 is 0. The van der Waals surface area contributed by atoms with Gasteiger partial charge in [-0.3, -0.25) is 4.79 Å². The van der Waals surface area contributed by atoms with E-state index in [0.717, 1.165) is 0 Å². The summed E-state index contributed by atoms with van der Waals surface area (Å²) in [5.41, 5.74) is 0.647. The lowest BCUT2D eigenvalue weighted by atomic mass is 10.1. The highest BCUT2D eigenvalue weighted by atomic mass is 35.5. The Morgan fingerprint density at radius 2 is 2.00 bits per heavy atom. The third-order valence-electron chi connectivity index (χ3n) is 2.20. The fourth-order valence-corrected chi connectivity index (χ4v) is 1.48. The molecule has 0 atom stereocenters. The number of fused-ring (bicyclic) bond motifs is 1. The number of Topliss-reactive ketones (excluding diaryl/α,β-unsaturated/α-hetero) is 1. The van der Waals surface area contributed by atoms with E-state index in [1.54, 1.807) is 25.2 Å². The summed E-state index contributed by atoms with van der Waals surface area (Å²) in [4.78, 5) is 11.6. The average Bonchev–Trinajstić information content (AvgIpc) is 2.29. The first-order valence-electron chi connectivity index (χ1n) is 4.88. The van der Waals surface area contributed by atoms with E-state index < -0.39 is 0 Å². The number of hydrogen-bond donors (Lipinski definition) is 1. The van der Waals surface area contributed by atoms with Crippen LogP contribution in [0.2, 0.25) is 0 Å². The van der Waals surface area contributed by atoms with Crippen molar-refractivity contribution in [2.45, 2.75) is 0 Å². The molecule has 1 heterocycles. The smallest absolute Gasteiger partial charge is 0.176 e. The van der Waals surface area contributed by atoms with E-state index in [2.05, 4.69) is 5.32 Å². The maximum absolute atomic E-state index is 11.6. The van der Waals surface area contributed by atoms with E-state index in [1.165, 1.54) is 0 Å². The molecule has 4 nitrogen and oxygen atoms in total. The van der Waals surface area contributed by atoms with E-state index in [4.69, 9.17) is 9.47 Å². The normalized spacial score (nSPS) is 12.8. The van der Waals surface area contributed by atoms with Gasteiger partial charge in [-0.05, 0) is 25.2 Å². The van der Waals surface area contributed by atoms with Gasteiger partial charge in [-0.15, -0.1) is 12.4 Å². The number of carbonyl (C=O) groups is 1. The molecule has 0 amide bonds. The predicted octanol–water partition coefficient (Wildman–Crippen LogP) is 1.28. The van der Waals surface area contributed by atoms with Gasteiger partial charge >= 0.3 is 0 Å². The van der Waals surface area contributed by atoms with E-state index in [-0.39, 0.29) is 18.2 Å². The van der Waals surface area contributed by atoms with Gasteiger partial charge in [0, 0.05) is 5.56 Å². The van der Waals surface area contributed by atoms with E-state index >= 15 is 0 Å². The largest absolute Gasteiger partial charge is 0.486 e. The topological polar surface area (TPSA) is 47.6 Å². The highest BCUT2D eigenvalue weighted by Crippen LogP contribution is 2.30. The van der Waals surface area contributed by atoms with Crippen molar-refractivity contribution in [1.82, 2.24) is 5.32 Å². The summed E-state index contributed by atoms with van der Waals surface area (Å²) in [6.07, 6.45) is 0. The lowest BCUT2D eigenvalue weighted by molar-refractivity contribution is 0.0992. The second-order valence-corrected chi connectivity index (χ2v) is 3.31. The van der Waals surface area contributed by atoms with Crippen LogP contribution in [0.25, 0.3) is 0 Å². The molecule has 0 aromatic heterocycles. The molecule has 0 spiro atoms. The molecule has 16 heavy (non-hydrogen) atoms. The van der Waals surface area contributed by atoms with Gasteiger partial charge in [0.15, 0.2) is 17.3 Å². The molecule has 88 valence electrons. The average molecular weight is 244 g/mol. The minimum Gasteiger partial charge on any atom is -0.486 e. The Kier molecular flexibility index (Phi) is 4.58. The predicted molar refractivity (Wildman–Crippen MR) is 62.9 cm³/mol. The molecule has 5 heteroatoms. The van der Waals surface area contributed by atoms with Crippen LogP contribution >= 0.6 is 12.4 Å². The molecule has 2 rings (SSSR count). The Morgan fingerprint density at radius 3 is 2.69 bits per heavy atom. The molecule has 0 bridgehead atoms. The molecular formula is C11H14ClNO3. The van der Waals surface area contributed by atoms with Crippen molar-refractivity contribution >= 4 is 18.2 Å². The van der Waals surface area contributed by atoms with Crippen molar-refractivity contribution in [3.8, 4) is 11.5 Å². The van der Waals surface area contributed by atoms with Crippen LogP contribution in [0.5, 0.6) is 11.5 Å². The lowest BCUT2D eigenvalue weighted by Crippen LogP contribution is -2.19. The second-order valence-electron chi connectivity index (χ2n) is 3.31. The lowest BCUT2D eigenvalue weighted by Gasteiger charge is -2.18. The molecule has 1 aromatic rings. The molecule has 1 aliphatic heterocycles. The van der Waals surface area contributed by atoms with Crippen LogP contribution in [0.1, 0.15) is 10.4 Å². The van der Waals surface area contributed by atoms with Gasteiger partial charge in [0.05, 0.1) is 6.54 Å². The van der Waals surface area contributed by atoms with Crippen molar-refractivity contribution in [1.29, 1.82) is 0 Å². The van der Waals surface area contributed by atoms with Crippen LogP contribution in [0.15, 0.2) is 18.2 Å². The number of nitrogens with one attached hydrogen (secondary N) is 1. The SMILES string of the molecule is CNCC(=O)c1ccc2c(c1)OCCO2.Cl. The molecular weight excluding hydrogens is 230 g/mol. The summed E-state index contributed by atoms with van der Waals surface area (Å²) in [7, 11) is 1.75. The number of hydrogen-bond acceptors (Lipinski definition) is 4. The third-order valence-corrected chi connectivity index (χ3v) is 2.20. The number of rotatable bonds is 3. The minimum atomic E-state index is 0. The van der Waals surface area contributed by atoms with Crippen LogP contribution in [-0.2, 0) is 0 Å². The summed E-state index contributed by atoms with van der Waals surface area (Å²) < 4.78 is 10.8. The number of carbonyl (C=O) groups excluding carboxylic acids is 1. The summed E-state index contributed by atoms with van der Waals surface area (Å²) in [6.45, 7) is 1.44. The number of ketones is 1. The quantitative estimate of drug-likeness (QED) is 0.813. The molecule has 0 radical (unpaired) electrons. The van der Waals surface area contributed by atoms with E-state index in [1.807, 2.05) is 0 Å². The van der Waals surface area contributed by atoms with Crippen LogP contribution < -0.4 is 14.8 Å². The molecule has 0 saturated carbocycles. The Labute approximate surface area is 100 Å². The first-order chi connectivity index (χ1) is 7.31. The van der Waals surface area contributed by atoms with Crippen molar-refractivity contribution in [2.24, 2.45) is 0 Å². The molecule has 0 fully saturated rings. The van der Waals surface area contributed by atoms with Crippen LogP contribution in [0.3, 0.4) is 0 Å². The first kappa shape index (κ1) is 12.8. The Bertz CT molecular complexity index is 381. The zero-order valence-electron chi connectivity index (χ0n) is 8.99. The maximum atomic E-state index is 11.6. The molecule has 1 aromatic carbocycles. The first-order valence-corrected chi connectivity index (χ1v) is 4.88. The minimum absolute atomic E-state index is 0. The highest BCUT2D eigenvalue weighted by molar-refractivity contribution is 5.98. The fraction of sp³-hybridized carbons (Fsp3) is 0.364. The Balaban J connectivity index is 0.00000128. The zero-order valence-corrected chi connectivity index (χ0v) is 9.80. The summed E-state index contributed by atoms with van der Waals surface area (Å²) in [5, 5.41) is 2.82. The zero-order chi connectivity index (χ0) is 10.7. The monoisotopic (exact) mass is 243 g/mol. The fourth-order valence-electron chi connectivity index (χ4n) is 1.48. The summed E-state index contributed by atoms with van der Waals surface area (Å²) in [5.74, 6) is 1.42. The number of benzene rings is 1. The van der Waals surface area contributed by atoms with E-state index in [0.29, 0.717) is 36.8 Å². The highest BCUT2D eigenvalue weighted by Gasteiger charge is 2.14. The van der Waals surface area contributed by atoms with Gasteiger partial charge < -0.3 is 14.8 Å². The van der Waals surface area contributed by atoms with Gasteiger partial charge in [-0.2, -0.15) is 0 Å². The Hall–Kier alpha value is -1.26. The van der Waals surface area contributed by atoms with Crippen LogP contribution in [0.4, 0.5) is 0 Å². The van der Waals surface area contributed by atoms with Gasteiger partial charge in [0.25, 0.3) is 0 Å². The third kappa shape index (κ3) is 2.65. The van der Waals surface area contributed by atoms with Crippen molar-refractivity contribution in [3.63, 3.8) is 0 Å². The Morgan fingerprint density at radius 1 is 1.31 bits per heavy atom. The van der Waals surface area contributed by atoms with Crippen molar-refractivity contribution in [3.05, 3.63) is 23.8 Å². The summed E-state index contributed by atoms with van der Waals surface area (Å²) in [6, 6.07) is 5.26. The molecule has 0 saturated heterocycles. The van der Waals surface area contributed by atoms with Gasteiger partial charge in [-0.1, -0.05) is 0 Å². The van der Waals surface area contributed by atoms with E-state index in [9.17, 15) is 4.79 Å². The van der Waals surface area contributed by atoms with Crippen molar-refractivity contribution < 1.29 is 14.3 Å². The standard InChI is InChI=1S/C11H13NO3.ClH/c1-12-7-9(13)8-2-3-10-11(6-8)15-5-4-14-10;/h2-3,6,12H,4-5,7H2,1H3;1H. The van der Waals surface area contributed by atoms with Gasteiger partial charge in [0.2, 0.25) is 0 Å². The second kappa shape index (κ2) is 5.72. The number of halogens is 1. The van der Waals surface area contributed by atoms with Gasteiger partial charge in [0.1, 0.15) is 13.2 Å². The van der Waals surface area contributed by atoms with Crippen LogP contribution in [0, 0.1) is 0 Å². The molecule has 0 aliphatic carbocycles. The number of ether oxygens (including phenoxy) is 2. The molecule has 0 unspecified atom stereocenters. The van der Waals surface area contributed by atoms with Crippen molar-refractivity contribution in [2.75, 3.05) is 26.8 Å². The number of likely N-dealkylation sites (N-methyl/N-ethyl adjacent to an activating group) is 1. The maximum Gasteiger partial charge on any atom is 0.176 e. The van der Waals surface area contributed by atoms with Crippen LogP contribution in [-0.4, -0.2) is 32.6 Å².